The summed E-state index contributed by atoms with van der Waals surface area (Å²) in [6.07, 6.45) is 7.51. The van der Waals surface area contributed by atoms with Crippen molar-refractivity contribution in [2.45, 2.75) is 80.6 Å². The van der Waals surface area contributed by atoms with E-state index in [1.807, 2.05) is 23.1 Å². The van der Waals surface area contributed by atoms with Crippen LogP contribution in [0.2, 0.25) is 0 Å². The molecule has 5 aliphatic carbocycles. The van der Waals surface area contributed by atoms with Crippen LogP contribution in [0.1, 0.15) is 68.1 Å². The van der Waals surface area contributed by atoms with E-state index in [4.69, 9.17) is 0 Å². The average molecular weight is 572 g/mol. The smallest absolute Gasteiger partial charge is 0.241 e. The SMILES string of the molecule is N#CC1CC2CC2N1C(=O)C(NC(c1ccccc1)(c1ccccc1)c1ccccc1)C1CC2(O)CC3CC(CC1C3)C2. The number of carbonyl (C=O) groups is 1. The van der Waals surface area contributed by atoms with Crippen LogP contribution in [-0.2, 0) is 10.3 Å². The number of hydrogen-bond acceptors (Lipinski definition) is 4. The molecule has 9 rings (SSSR count). The number of nitrogens with one attached hydrogen (secondary N) is 1. The molecule has 3 aromatic carbocycles. The number of likely N-dealkylation sites (tertiary alicyclic amines) is 1. The lowest BCUT2D eigenvalue weighted by Crippen LogP contribution is -2.60. The van der Waals surface area contributed by atoms with Gasteiger partial charge in [-0.3, -0.25) is 10.1 Å². The number of nitrogens with zero attached hydrogens (tertiary/aromatic N) is 2. The molecule has 1 heterocycles. The second-order valence-corrected chi connectivity index (χ2v) is 14.4. The molecule has 1 aliphatic heterocycles. The van der Waals surface area contributed by atoms with Gasteiger partial charge in [0.1, 0.15) is 6.04 Å². The summed E-state index contributed by atoms with van der Waals surface area (Å²) in [4.78, 5) is 17.1. The summed E-state index contributed by atoms with van der Waals surface area (Å²) in [5.41, 5.74) is 1.70. The maximum absolute atomic E-state index is 15.2. The molecule has 3 aromatic rings. The largest absolute Gasteiger partial charge is 0.390 e. The molecule has 4 bridgehead atoms. The summed E-state index contributed by atoms with van der Waals surface area (Å²) in [7, 11) is 0. The Hall–Kier alpha value is -3.46. The van der Waals surface area contributed by atoms with Gasteiger partial charge < -0.3 is 10.0 Å². The molecule has 1 amide bonds. The van der Waals surface area contributed by atoms with E-state index in [0.29, 0.717) is 30.1 Å². The van der Waals surface area contributed by atoms with Crippen molar-refractivity contribution in [1.29, 1.82) is 5.26 Å². The first-order valence-corrected chi connectivity index (χ1v) is 16.4. The van der Waals surface area contributed by atoms with Crippen molar-refractivity contribution in [1.82, 2.24) is 10.2 Å². The third kappa shape index (κ3) is 4.53. The number of fused-ring (bicyclic) bond motifs is 2. The predicted octanol–water partition coefficient (Wildman–Crippen LogP) is 6.03. The van der Waals surface area contributed by atoms with Crippen LogP contribution >= 0.6 is 0 Å². The van der Waals surface area contributed by atoms with E-state index in [1.165, 1.54) is 6.42 Å². The number of piperidine rings is 1. The Morgan fingerprint density at radius 2 is 1.33 bits per heavy atom. The second-order valence-electron chi connectivity index (χ2n) is 14.4. The lowest BCUT2D eigenvalue weighted by atomic mass is 9.65. The number of amides is 1. The van der Waals surface area contributed by atoms with Crippen molar-refractivity contribution in [2.24, 2.45) is 29.6 Å². The highest BCUT2D eigenvalue weighted by molar-refractivity contribution is 5.84. The first-order chi connectivity index (χ1) is 21.0. The Bertz CT molecular complexity index is 1410. The number of benzene rings is 3. The predicted molar refractivity (Wildman–Crippen MR) is 166 cm³/mol. The summed E-state index contributed by atoms with van der Waals surface area (Å²) in [6, 6.07) is 33.3. The molecular weight excluding hydrogens is 530 g/mol. The molecule has 5 saturated carbocycles. The van der Waals surface area contributed by atoms with E-state index in [1.54, 1.807) is 0 Å². The maximum atomic E-state index is 15.2. The summed E-state index contributed by atoms with van der Waals surface area (Å²) in [6.45, 7) is 0. The maximum Gasteiger partial charge on any atom is 0.241 e. The summed E-state index contributed by atoms with van der Waals surface area (Å²) >= 11 is 0. The third-order valence-electron chi connectivity index (χ3n) is 11.7. The molecule has 7 atom stereocenters. The first kappa shape index (κ1) is 27.1. The summed E-state index contributed by atoms with van der Waals surface area (Å²) < 4.78 is 0. The van der Waals surface area contributed by atoms with Gasteiger partial charge in [-0.25, -0.2) is 0 Å². The van der Waals surface area contributed by atoms with Gasteiger partial charge in [0.2, 0.25) is 5.91 Å². The van der Waals surface area contributed by atoms with Crippen LogP contribution in [0.25, 0.3) is 0 Å². The molecule has 0 spiro atoms. The van der Waals surface area contributed by atoms with E-state index < -0.39 is 17.2 Å². The average Bonchev–Trinajstić information content (AvgIpc) is 3.73. The lowest BCUT2D eigenvalue weighted by molar-refractivity contribution is -0.137. The Labute approximate surface area is 254 Å². The van der Waals surface area contributed by atoms with Crippen LogP contribution in [0.4, 0.5) is 0 Å². The normalized spacial score (nSPS) is 34.7. The van der Waals surface area contributed by atoms with Crippen LogP contribution in [-0.4, -0.2) is 39.6 Å². The fourth-order valence-corrected chi connectivity index (χ4v) is 10.1. The van der Waals surface area contributed by atoms with E-state index in [9.17, 15) is 10.4 Å². The number of carbonyl (C=O) groups excluding carboxylic acids is 1. The van der Waals surface area contributed by atoms with E-state index in [2.05, 4.69) is 84.2 Å². The Morgan fingerprint density at radius 3 is 1.84 bits per heavy atom. The minimum absolute atomic E-state index is 0.0135. The lowest BCUT2D eigenvalue weighted by Gasteiger charge is -2.45. The summed E-state index contributed by atoms with van der Waals surface area (Å²) in [5.74, 6) is 1.94. The molecular formula is C38H41N3O2. The van der Waals surface area contributed by atoms with Crippen molar-refractivity contribution in [2.75, 3.05) is 0 Å². The zero-order chi connectivity index (χ0) is 29.2. The van der Waals surface area contributed by atoms with Crippen molar-refractivity contribution in [3.63, 3.8) is 0 Å². The molecule has 0 aromatic heterocycles. The molecule has 1 saturated heterocycles. The van der Waals surface area contributed by atoms with E-state index in [0.717, 1.165) is 55.2 Å². The highest BCUT2D eigenvalue weighted by atomic mass is 16.3. The van der Waals surface area contributed by atoms with Crippen molar-refractivity contribution in [3.05, 3.63) is 108 Å². The summed E-state index contributed by atoms with van der Waals surface area (Å²) in [5, 5.41) is 26.3. The quantitative estimate of drug-likeness (QED) is 0.340. The van der Waals surface area contributed by atoms with Crippen LogP contribution < -0.4 is 5.32 Å². The molecule has 5 nitrogen and oxygen atoms in total. The van der Waals surface area contributed by atoms with Crippen molar-refractivity contribution >= 4 is 5.91 Å². The highest BCUT2D eigenvalue weighted by Gasteiger charge is 2.59. The van der Waals surface area contributed by atoms with Gasteiger partial charge in [0.25, 0.3) is 0 Å². The topological polar surface area (TPSA) is 76.4 Å². The first-order valence-electron chi connectivity index (χ1n) is 16.4. The van der Waals surface area contributed by atoms with Gasteiger partial charge in [-0.05, 0) is 97.6 Å². The minimum Gasteiger partial charge on any atom is -0.390 e. The molecule has 5 heteroatoms. The zero-order valence-corrected chi connectivity index (χ0v) is 24.7. The Balaban J connectivity index is 1.31. The second kappa shape index (κ2) is 10.3. The van der Waals surface area contributed by atoms with E-state index >= 15 is 4.79 Å². The Kier molecular flexibility index (Phi) is 6.51. The van der Waals surface area contributed by atoms with Gasteiger partial charge in [0, 0.05) is 6.04 Å². The monoisotopic (exact) mass is 571 g/mol. The highest BCUT2D eigenvalue weighted by Crippen LogP contribution is 2.57. The fourth-order valence-electron chi connectivity index (χ4n) is 10.1. The zero-order valence-electron chi connectivity index (χ0n) is 24.7. The van der Waals surface area contributed by atoms with Crippen molar-refractivity contribution in [3.8, 4) is 6.07 Å². The minimum atomic E-state index is -0.805. The number of rotatable bonds is 7. The van der Waals surface area contributed by atoms with Gasteiger partial charge in [-0.15, -0.1) is 0 Å². The Morgan fingerprint density at radius 1 is 0.791 bits per heavy atom. The van der Waals surface area contributed by atoms with Gasteiger partial charge >= 0.3 is 0 Å². The molecule has 2 N–H and O–H groups in total. The van der Waals surface area contributed by atoms with Gasteiger partial charge in [0.15, 0.2) is 0 Å². The molecule has 0 radical (unpaired) electrons. The van der Waals surface area contributed by atoms with Gasteiger partial charge in [-0.2, -0.15) is 5.26 Å². The number of aliphatic hydroxyl groups is 1. The molecule has 7 unspecified atom stereocenters. The third-order valence-corrected chi connectivity index (χ3v) is 11.7. The van der Waals surface area contributed by atoms with Crippen LogP contribution in [0.5, 0.6) is 0 Å². The molecule has 220 valence electrons. The van der Waals surface area contributed by atoms with Gasteiger partial charge in [0.05, 0.1) is 23.3 Å². The molecule has 6 fully saturated rings. The molecule has 43 heavy (non-hydrogen) atoms. The van der Waals surface area contributed by atoms with Crippen LogP contribution in [0.3, 0.4) is 0 Å². The van der Waals surface area contributed by atoms with E-state index in [-0.39, 0.29) is 23.9 Å². The molecule has 6 aliphatic rings. The van der Waals surface area contributed by atoms with Crippen LogP contribution in [0.15, 0.2) is 91.0 Å². The fraction of sp³-hybridized carbons (Fsp3) is 0.474. The van der Waals surface area contributed by atoms with Gasteiger partial charge in [-0.1, -0.05) is 91.0 Å². The number of hydrogen-bond donors (Lipinski definition) is 2. The number of nitriles is 1. The standard InChI is InChI=1S/C38H41N3O2/c39-24-32-19-28-20-34(28)41(32)36(42)35(33-23-37(43)21-25-16-26(22-37)18-27(33)17-25)40-38(29-10-4-1-5-11-29,30-12-6-2-7-13-30)31-14-8-3-9-15-31/h1-15,25-28,32-35,40,43H,16-23H2. The van der Waals surface area contributed by atoms with Crippen molar-refractivity contribution < 1.29 is 9.90 Å². The van der Waals surface area contributed by atoms with Crippen LogP contribution in [0, 0.1) is 40.9 Å².